The highest BCUT2D eigenvalue weighted by Gasteiger charge is 2.17. The second-order valence-electron chi connectivity index (χ2n) is 4.08. The summed E-state index contributed by atoms with van der Waals surface area (Å²) in [7, 11) is 1.39. The van der Waals surface area contributed by atoms with Crippen LogP contribution in [-0.4, -0.2) is 13.1 Å². The number of nitrogens with zero attached hydrogens (tertiary/aromatic N) is 1. The van der Waals surface area contributed by atoms with Crippen LogP contribution in [-0.2, 0) is 4.74 Å². The van der Waals surface area contributed by atoms with Gasteiger partial charge in [0.25, 0.3) is 0 Å². The molecule has 0 aliphatic heterocycles. The maximum Gasteiger partial charge on any atom is 0.340 e. The summed E-state index contributed by atoms with van der Waals surface area (Å²) in [6.45, 7) is 2.04. The van der Waals surface area contributed by atoms with Crippen molar-refractivity contribution in [2.45, 2.75) is 6.92 Å². The number of anilines is 2. The van der Waals surface area contributed by atoms with Crippen LogP contribution in [0, 0.1) is 6.92 Å². The SMILES string of the molecule is COC(=O)c1ccccc1N(I)c1ccccc1C. The fraction of sp³-hybridized carbons (Fsp3) is 0.133. The second-order valence-corrected chi connectivity index (χ2v) is 5.04. The standard InChI is InChI=1S/C15H14INO2/c1-11-7-3-5-9-13(11)17(16)14-10-6-4-8-12(14)15(18)19-2/h3-10H,1-2H3. The number of carbonyl (C=O) groups excluding carboxylic acids is 1. The zero-order valence-electron chi connectivity index (χ0n) is 10.8. The van der Waals surface area contributed by atoms with E-state index >= 15 is 0 Å². The summed E-state index contributed by atoms with van der Waals surface area (Å²) in [5.41, 5.74) is 3.59. The van der Waals surface area contributed by atoms with Gasteiger partial charge >= 0.3 is 5.97 Å². The summed E-state index contributed by atoms with van der Waals surface area (Å²) in [6.07, 6.45) is 0. The fourth-order valence-electron chi connectivity index (χ4n) is 1.84. The van der Waals surface area contributed by atoms with Gasteiger partial charge in [0.1, 0.15) is 0 Å². The highest BCUT2D eigenvalue weighted by Crippen LogP contribution is 2.34. The molecule has 0 unspecified atom stereocenters. The molecule has 0 saturated carbocycles. The van der Waals surface area contributed by atoms with E-state index in [4.69, 9.17) is 4.74 Å². The van der Waals surface area contributed by atoms with Gasteiger partial charge in [-0.1, -0.05) is 30.3 Å². The number of hydrogen-bond donors (Lipinski definition) is 0. The maximum absolute atomic E-state index is 11.8. The van der Waals surface area contributed by atoms with E-state index in [1.54, 1.807) is 6.07 Å². The molecule has 0 amide bonds. The van der Waals surface area contributed by atoms with Gasteiger partial charge in [-0.05, 0) is 30.7 Å². The van der Waals surface area contributed by atoms with E-state index in [-0.39, 0.29) is 5.97 Å². The summed E-state index contributed by atoms with van der Waals surface area (Å²) >= 11 is 2.20. The monoisotopic (exact) mass is 367 g/mol. The van der Waals surface area contributed by atoms with Gasteiger partial charge in [0, 0.05) is 0 Å². The first-order valence-electron chi connectivity index (χ1n) is 5.84. The molecular formula is C15H14INO2. The lowest BCUT2D eigenvalue weighted by Crippen LogP contribution is -2.10. The lowest BCUT2D eigenvalue weighted by Gasteiger charge is -2.21. The summed E-state index contributed by atoms with van der Waals surface area (Å²) in [6, 6.07) is 15.5. The quantitative estimate of drug-likeness (QED) is 0.461. The molecule has 0 N–H and O–H groups in total. The Morgan fingerprint density at radius 3 is 2.26 bits per heavy atom. The molecule has 19 heavy (non-hydrogen) atoms. The molecule has 0 aliphatic rings. The van der Waals surface area contributed by atoms with Gasteiger partial charge in [-0.2, -0.15) is 0 Å². The number of carbonyl (C=O) groups is 1. The van der Waals surface area contributed by atoms with Crippen molar-refractivity contribution in [3.05, 3.63) is 59.7 Å². The highest BCUT2D eigenvalue weighted by atomic mass is 127. The van der Waals surface area contributed by atoms with E-state index in [2.05, 4.69) is 22.9 Å². The van der Waals surface area contributed by atoms with E-state index < -0.39 is 0 Å². The van der Waals surface area contributed by atoms with E-state index in [1.165, 1.54) is 7.11 Å². The van der Waals surface area contributed by atoms with E-state index in [0.717, 1.165) is 16.9 Å². The zero-order chi connectivity index (χ0) is 13.8. The number of hydrogen-bond acceptors (Lipinski definition) is 3. The summed E-state index contributed by atoms with van der Waals surface area (Å²) in [5.74, 6) is -0.328. The van der Waals surface area contributed by atoms with Crippen molar-refractivity contribution in [3.63, 3.8) is 0 Å². The molecule has 3 nitrogen and oxygen atoms in total. The highest BCUT2D eigenvalue weighted by molar-refractivity contribution is 14.1. The van der Waals surface area contributed by atoms with Crippen LogP contribution in [0.4, 0.5) is 11.4 Å². The minimum atomic E-state index is -0.328. The van der Waals surface area contributed by atoms with Crippen molar-refractivity contribution in [1.82, 2.24) is 0 Å². The Morgan fingerprint density at radius 2 is 1.63 bits per heavy atom. The number of halogens is 1. The Labute approximate surface area is 126 Å². The third kappa shape index (κ3) is 2.89. The molecule has 0 heterocycles. The number of aryl methyl sites for hydroxylation is 1. The van der Waals surface area contributed by atoms with Crippen molar-refractivity contribution < 1.29 is 9.53 Å². The van der Waals surface area contributed by atoms with Crippen LogP contribution in [0.25, 0.3) is 0 Å². The van der Waals surface area contributed by atoms with Crippen LogP contribution >= 0.6 is 22.9 Å². The fourth-order valence-corrected chi connectivity index (χ4v) is 2.80. The van der Waals surface area contributed by atoms with Gasteiger partial charge in [-0.25, -0.2) is 4.79 Å². The summed E-state index contributed by atoms with van der Waals surface area (Å²) in [4.78, 5) is 11.8. The van der Waals surface area contributed by atoms with Gasteiger partial charge in [0.2, 0.25) is 0 Å². The topological polar surface area (TPSA) is 29.5 Å². The number of benzene rings is 2. The van der Waals surface area contributed by atoms with Gasteiger partial charge in [-0.3, -0.25) is 3.11 Å². The van der Waals surface area contributed by atoms with Gasteiger partial charge in [0.05, 0.1) is 46.9 Å². The smallest absolute Gasteiger partial charge is 0.340 e. The Bertz CT molecular complexity index is 598. The van der Waals surface area contributed by atoms with Crippen LogP contribution in [0.15, 0.2) is 48.5 Å². The molecule has 0 aliphatic carbocycles. The summed E-state index contributed by atoms with van der Waals surface area (Å²) in [5, 5.41) is 0. The average molecular weight is 367 g/mol. The number of para-hydroxylation sites is 2. The third-order valence-corrected chi connectivity index (χ3v) is 3.89. The molecule has 98 valence electrons. The Kier molecular flexibility index (Phi) is 4.42. The molecule has 0 atom stereocenters. The lowest BCUT2D eigenvalue weighted by atomic mass is 10.1. The number of ether oxygens (including phenoxy) is 1. The van der Waals surface area contributed by atoms with Crippen LogP contribution < -0.4 is 3.11 Å². The Balaban J connectivity index is 2.48. The molecule has 2 aromatic carbocycles. The minimum Gasteiger partial charge on any atom is -0.465 e. The molecule has 2 rings (SSSR count). The Morgan fingerprint density at radius 1 is 1.05 bits per heavy atom. The second kappa shape index (κ2) is 6.06. The van der Waals surface area contributed by atoms with Crippen molar-refractivity contribution in [2.24, 2.45) is 0 Å². The molecule has 0 saturated heterocycles. The third-order valence-electron chi connectivity index (χ3n) is 2.85. The lowest BCUT2D eigenvalue weighted by molar-refractivity contribution is 0.0602. The van der Waals surface area contributed by atoms with Crippen LogP contribution in [0.2, 0.25) is 0 Å². The number of rotatable bonds is 3. The van der Waals surface area contributed by atoms with Crippen molar-refractivity contribution in [1.29, 1.82) is 0 Å². The first-order chi connectivity index (χ1) is 9.15. The van der Waals surface area contributed by atoms with Gasteiger partial charge in [0.15, 0.2) is 0 Å². The molecule has 0 spiro atoms. The van der Waals surface area contributed by atoms with Crippen molar-refractivity contribution in [2.75, 3.05) is 10.2 Å². The van der Waals surface area contributed by atoms with Crippen LogP contribution in [0.3, 0.4) is 0 Å². The molecule has 0 aromatic heterocycles. The molecule has 4 heteroatoms. The van der Waals surface area contributed by atoms with E-state index in [0.29, 0.717) is 5.56 Å². The average Bonchev–Trinajstić information content (AvgIpc) is 2.46. The maximum atomic E-state index is 11.8. The molecular weight excluding hydrogens is 353 g/mol. The largest absolute Gasteiger partial charge is 0.465 e. The van der Waals surface area contributed by atoms with Crippen molar-refractivity contribution >= 4 is 40.2 Å². The Hall–Kier alpha value is -1.56. The normalized spacial score (nSPS) is 10.1. The number of esters is 1. The predicted molar refractivity (Wildman–Crippen MR) is 85.1 cm³/mol. The summed E-state index contributed by atoms with van der Waals surface area (Å²) < 4.78 is 6.80. The van der Waals surface area contributed by atoms with Crippen LogP contribution in [0.1, 0.15) is 15.9 Å². The zero-order valence-corrected chi connectivity index (χ0v) is 12.9. The number of methoxy groups -OCH3 is 1. The molecule has 0 radical (unpaired) electrons. The van der Waals surface area contributed by atoms with Gasteiger partial charge < -0.3 is 4.74 Å². The molecule has 0 bridgehead atoms. The first-order valence-corrected chi connectivity index (χ1v) is 6.80. The minimum absolute atomic E-state index is 0.328. The van der Waals surface area contributed by atoms with E-state index in [1.807, 2.05) is 52.5 Å². The first kappa shape index (κ1) is 13.9. The van der Waals surface area contributed by atoms with E-state index in [9.17, 15) is 4.79 Å². The van der Waals surface area contributed by atoms with Crippen molar-refractivity contribution in [3.8, 4) is 0 Å². The van der Waals surface area contributed by atoms with Gasteiger partial charge in [-0.15, -0.1) is 0 Å². The predicted octanol–water partition coefficient (Wildman–Crippen LogP) is 4.27. The molecule has 0 fully saturated rings. The molecule has 2 aromatic rings. The van der Waals surface area contributed by atoms with Crippen LogP contribution in [0.5, 0.6) is 0 Å².